The molecule has 1 heterocycles. The van der Waals surface area contributed by atoms with Crippen LogP contribution in [0.2, 0.25) is 0 Å². The summed E-state index contributed by atoms with van der Waals surface area (Å²) in [6.45, 7) is 1.49. The van der Waals surface area contributed by atoms with Gasteiger partial charge in [-0.2, -0.15) is 0 Å². The number of hydrogen-bond donors (Lipinski definition) is 1. The van der Waals surface area contributed by atoms with Crippen molar-refractivity contribution in [3.8, 4) is 5.75 Å². The van der Waals surface area contributed by atoms with Crippen LogP contribution in [0.15, 0.2) is 44.0 Å². The second kappa shape index (κ2) is 6.05. The van der Waals surface area contributed by atoms with Gasteiger partial charge in [-0.05, 0) is 46.6 Å². The van der Waals surface area contributed by atoms with E-state index in [1.807, 2.05) is 0 Å². The minimum Gasteiger partial charge on any atom is -0.507 e. The molecule has 1 aromatic heterocycles. The van der Waals surface area contributed by atoms with E-state index < -0.39 is 28.5 Å². The molecular weight excluding hydrogens is 343 g/mol. The first kappa shape index (κ1) is 15.2. The lowest BCUT2D eigenvalue weighted by atomic mass is 10.1. The molecule has 6 heteroatoms. The first-order chi connectivity index (χ1) is 9.88. The summed E-state index contributed by atoms with van der Waals surface area (Å²) in [5.41, 5.74) is -0.770. The zero-order valence-corrected chi connectivity index (χ0v) is 12.5. The van der Waals surface area contributed by atoms with Gasteiger partial charge in [0.25, 0.3) is 0 Å². The third-order valence-corrected chi connectivity index (χ3v) is 3.28. The van der Waals surface area contributed by atoms with Crippen LogP contribution in [0, 0.1) is 12.7 Å². The van der Waals surface area contributed by atoms with Crippen molar-refractivity contribution < 1.29 is 18.7 Å². The van der Waals surface area contributed by atoms with Crippen LogP contribution in [0.3, 0.4) is 0 Å². The number of aryl methyl sites for hydroxylation is 1. The van der Waals surface area contributed by atoms with Gasteiger partial charge in [-0.15, -0.1) is 0 Å². The average Bonchev–Trinajstić information content (AvgIpc) is 2.39. The van der Waals surface area contributed by atoms with Gasteiger partial charge in [-0.3, -0.25) is 4.79 Å². The van der Waals surface area contributed by atoms with Gasteiger partial charge >= 0.3 is 5.63 Å². The number of carbonyl (C=O) groups is 1. The number of hydrogen-bond acceptors (Lipinski definition) is 4. The van der Waals surface area contributed by atoms with Gasteiger partial charge in [0.15, 0.2) is 5.78 Å². The minimum atomic E-state index is -0.901. The van der Waals surface area contributed by atoms with Crippen molar-refractivity contribution in [2.75, 3.05) is 0 Å². The number of halogens is 2. The number of allylic oxidation sites excluding steroid dienone is 1. The van der Waals surface area contributed by atoms with Gasteiger partial charge in [-0.25, -0.2) is 9.18 Å². The van der Waals surface area contributed by atoms with Gasteiger partial charge in [0, 0.05) is 6.07 Å². The summed E-state index contributed by atoms with van der Waals surface area (Å²) < 4.78 is 18.1. The van der Waals surface area contributed by atoms with Crippen LogP contribution >= 0.6 is 15.9 Å². The molecular formula is C15H10BrFO4. The standard InChI is InChI=1S/C15H10BrFO4/c1-8-6-13(19)14(15(20)21-8)12(18)5-3-9-2-4-11(17)10(16)7-9/h2-7,19H,1H3/b5-3+. The summed E-state index contributed by atoms with van der Waals surface area (Å²) in [6.07, 6.45) is 2.52. The molecule has 2 aromatic rings. The predicted molar refractivity (Wildman–Crippen MR) is 78.8 cm³/mol. The maximum atomic E-state index is 13.1. The molecule has 0 unspecified atom stereocenters. The molecule has 0 aliphatic rings. The topological polar surface area (TPSA) is 67.5 Å². The summed E-state index contributed by atoms with van der Waals surface area (Å²) in [5.74, 6) is -1.34. The average molecular weight is 353 g/mol. The molecule has 2 rings (SSSR count). The Labute approximate surface area is 127 Å². The van der Waals surface area contributed by atoms with Crippen molar-refractivity contribution in [2.45, 2.75) is 6.92 Å². The van der Waals surface area contributed by atoms with E-state index >= 15 is 0 Å². The molecule has 0 spiro atoms. The molecule has 0 amide bonds. The van der Waals surface area contributed by atoms with E-state index in [-0.39, 0.29) is 10.2 Å². The molecule has 0 saturated carbocycles. The summed E-state index contributed by atoms with van der Waals surface area (Å²) in [7, 11) is 0. The fourth-order valence-electron chi connectivity index (χ4n) is 1.69. The summed E-state index contributed by atoms with van der Waals surface area (Å²) >= 11 is 3.03. The highest BCUT2D eigenvalue weighted by Gasteiger charge is 2.15. The van der Waals surface area contributed by atoms with Crippen LogP contribution in [0.25, 0.3) is 6.08 Å². The van der Waals surface area contributed by atoms with E-state index in [0.29, 0.717) is 5.56 Å². The van der Waals surface area contributed by atoms with Gasteiger partial charge in [0.05, 0.1) is 4.47 Å². The number of rotatable bonds is 3. The molecule has 0 radical (unpaired) electrons. The van der Waals surface area contributed by atoms with Gasteiger partial charge < -0.3 is 9.52 Å². The summed E-state index contributed by atoms with van der Waals surface area (Å²) in [4.78, 5) is 23.5. The van der Waals surface area contributed by atoms with Gasteiger partial charge in [-0.1, -0.05) is 12.1 Å². The fourth-order valence-corrected chi connectivity index (χ4v) is 2.09. The van der Waals surface area contributed by atoms with E-state index in [9.17, 15) is 19.1 Å². The molecule has 4 nitrogen and oxygen atoms in total. The Hall–Kier alpha value is -2.21. The summed E-state index contributed by atoms with van der Waals surface area (Å²) in [6, 6.07) is 5.39. The quantitative estimate of drug-likeness (QED) is 0.678. The van der Waals surface area contributed by atoms with Crippen molar-refractivity contribution in [1.82, 2.24) is 0 Å². The highest BCUT2D eigenvalue weighted by atomic mass is 79.9. The van der Waals surface area contributed by atoms with Crippen LogP contribution in [0.1, 0.15) is 21.7 Å². The lowest BCUT2D eigenvalue weighted by Gasteiger charge is -2.00. The first-order valence-electron chi connectivity index (χ1n) is 5.89. The molecule has 1 N–H and O–H groups in total. The largest absolute Gasteiger partial charge is 0.507 e. The Kier molecular flexibility index (Phi) is 4.37. The van der Waals surface area contributed by atoms with E-state index in [0.717, 1.165) is 6.08 Å². The van der Waals surface area contributed by atoms with Crippen LogP contribution in [-0.2, 0) is 0 Å². The first-order valence-corrected chi connectivity index (χ1v) is 6.69. The SMILES string of the molecule is Cc1cc(O)c(C(=O)/C=C/c2ccc(F)c(Br)c2)c(=O)o1. The van der Waals surface area contributed by atoms with Crippen LogP contribution in [-0.4, -0.2) is 10.9 Å². The third-order valence-electron chi connectivity index (χ3n) is 2.67. The maximum Gasteiger partial charge on any atom is 0.351 e. The number of aromatic hydroxyl groups is 1. The number of carbonyl (C=O) groups excluding carboxylic acids is 1. The molecule has 1 aromatic carbocycles. The zero-order valence-electron chi connectivity index (χ0n) is 10.9. The van der Waals surface area contributed by atoms with E-state index in [1.165, 1.54) is 37.3 Å². The third kappa shape index (κ3) is 3.46. The molecule has 0 saturated heterocycles. The number of ketones is 1. The Balaban J connectivity index is 2.31. The highest BCUT2D eigenvalue weighted by Crippen LogP contribution is 2.19. The lowest BCUT2D eigenvalue weighted by molar-refractivity contribution is 0.104. The van der Waals surface area contributed by atoms with E-state index in [1.54, 1.807) is 0 Å². The molecule has 108 valence electrons. The molecule has 0 atom stereocenters. The van der Waals surface area contributed by atoms with Crippen LogP contribution in [0.5, 0.6) is 5.75 Å². The smallest absolute Gasteiger partial charge is 0.351 e. The van der Waals surface area contributed by atoms with Crippen molar-refractivity contribution in [3.63, 3.8) is 0 Å². The number of benzene rings is 1. The van der Waals surface area contributed by atoms with Crippen molar-refractivity contribution >= 4 is 27.8 Å². The van der Waals surface area contributed by atoms with Crippen molar-refractivity contribution in [3.05, 3.63) is 67.9 Å². The minimum absolute atomic E-state index is 0.209. The van der Waals surface area contributed by atoms with Crippen molar-refractivity contribution in [2.24, 2.45) is 0 Å². The Bertz CT molecular complexity index is 793. The Morgan fingerprint density at radius 1 is 1.38 bits per heavy atom. The monoisotopic (exact) mass is 352 g/mol. The fraction of sp³-hybridized carbons (Fsp3) is 0.0667. The van der Waals surface area contributed by atoms with Crippen molar-refractivity contribution in [1.29, 1.82) is 0 Å². The second-order valence-electron chi connectivity index (χ2n) is 4.28. The van der Waals surface area contributed by atoms with Crippen LogP contribution in [0.4, 0.5) is 4.39 Å². The summed E-state index contributed by atoms with van der Waals surface area (Å²) in [5, 5.41) is 9.65. The molecule has 0 aliphatic heterocycles. The Morgan fingerprint density at radius 2 is 2.10 bits per heavy atom. The predicted octanol–water partition coefficient (Wildman–Crippen LogP) is 3.45. The molecule has 0 bridgehead atoms. The normalized spacial score (nSPS) is 11.0. The molecule has 0 aliphatic carbocycles. The second-order valence-corrected chi connectivity index (χ2v) is 5.13. The molecule has 0 fully saturated rings. The Morgan fingerprint density at radius 3 is 2.71 bits per heavy atom. The highest BCUT2D eigenvalue weighted by molar-refractivity contribution is 9.10. The van der Waals surface area contributed by atoms with E-state index in [4.69, 9.17) is 4.42 Å². The van der Waals surface area contributed by atoms with Crippen LogP contribution < -0.4 is 5.63 Å². The van der Waals surface area contributed by atoms with Gasteiger partial charge in [0.2, 0.25) is 0 Å². The zero-order chi connectivity index (χ0) is 15.6. The lowest BCUT2D eigenvalue weighted by Crippen LogP contribution is -2.12. The maximum absolute atomic E-state index is 13.1. The molecule has 21 heavy (non-hydrogen) atoms. The van der Waals surface area contributed by atoms with Gasteiger partial charge in [0.1, 0.15) is 22.9 Å². The van der Waals surface area contributed by atoms with E-state index in [2.05, 4.69) is 15.9 Å².